The number of carbonyl (C=O) groups is 2. The standard InChI is InChI=1S/C16H18O5/c1-2-15-5-10-16(21-10)12(9-4-7(18)14(16)20-9)11(15)8-3-6(17)13(15)19-8/h8-14H,2-5H2,1H3/t8-,9-,10+,11+,12+,13+,14+,15-,16+/m1/s1. The monoisotopic (exact) mass is 290 g/mol. The van der Waals surface area contributed by atoms with Gasteiger partial charge >= 0.3 is 0 Å². The van der Waals surface area contributed by atoms with Crippen LogP contribution in [0, 0.1) is 17.3 Å². The van der Waals surface area contributed by atoms with Gasteiger partial charge < -0.3 is 14.2 Å². The normalized spacial score (nSPS) is 65.5. The Morgan fingerprint density at radius 2 is 1.71 bits per heavy atom. The molecule has 9 atom stereocenters. The van der Waals surface area contributed by atoms with Gasteiger partial charge in [0.15, 0.2) is 11.6 Å². The van der Waals surface area contributed by atoms with Crippen LogP contribution in [0.3, 0.4) is 0 Å². The van der Waals surface area contributed by atoms with E-state index in [0.717, 1.165) is 12.8 Å². The van der Waals surface area contributed by atoms with Crippen molar-refractivity contribution >= 4 is 11.6 Å². The maximum Gasteiger partial charge on any atom is 0.167 e. The predicted molar refractivity (Wildman–Crippen MR) is 68.5 cm³/mol. The SMILES string of the molecule is CC[C@@]12C[C@@H]3O[C@]34[C@H]([C@@H]1[C@H]1CC(=O)[C@@H]2O1)[C@H]1CC(=O)[C@@H]4O1. The molecule has 5 nitrogen and oxygen atoms in total. The van der Waals surface area contributed by atoms with Crippen molar-refractivity contribution in [2.75, 3.05) is 0 Å². The number of rotatable bonds is 1. The number of epoxide rings is 1. The fourth-order valence-corrected chi connectivity index (χ4v) is 6.65. The highest BCUT2D eigenvalue weighted by molar-refractivity contribution is 5.90. The number of fused-ring (bicyclic) bond motifs is 9. The van der Waals surface area contributed by atoms with Crippen molar-refractivity contribution in [2.45, 2.75) is 68.7 Å². The van der Waals surface area contributed by atoms with E-state index in [9.17, 15) is 9.59 Å². The number of hydrogen-bond acceptors (Lipinski definition) is 5. The van der Waals surface area contributed by atoms with E-state index in [0.29, 0.717) is 18.8 Å². The van der Waals surface area contributed by atoms with Crippen LogP contribution in [0.15, 0.2) is 0 Å². The second-order valence-electron chi connectivity index (χ2n) is 7.75. The summed E-state index contributed by atoms with van der Waals surface area (Å²) in [5, 5.41) is 0. The van der Waals surface area contributed by atoms with E-state index in [-0.39, 0.29) is 59.0 Å². The number of ketones is 2. The topological polar surface area (TPSA) is 65.1 Å². The molecule has 4 bridgehead atoms. The second-order valence-corrected chi connectivity index (χ2v) is 7.75. The molecule has 5 heteroatoms. The maximum atomic E-state index is 12.2. The van der Waals surface area contributed by atoms with Crippen molar-refractivity contribution in [3.05, 3.63) is 0 Å². The van der Waals surface area contributed by atoms with Gasteiger partial charge in [-0.2, -0.15) is 0 Å². The quantitative estimate of drug-likeness (QED) is 0.663. The van der Waals surface area contributed by atoms with E-state index in [4.69, 9.17) is 14.2 Å². The van der Waals surface area contributed by atoms with Crippen LogP contribution in [0.4, 0.5) is 0 Å². The van der Waals surface area contributed by atoms with Crippen LogP contribution in [0.25, 0.3) is 0 Å². The molecule has 1 saturated carbocycles. The zero-order valence-electron chi connectivity index (χ0n) is 11.9. The van der Waals surface area contributed by atoms with E-state index in [2.05, 4.69) is 6.92 Å². The average molecular weight is 290 g/mol. The molecule has 6 fully saturated rings. The average Bonchev–Trinajstić information content (AvgIpc) is 2.81. The molecule has 21 heavy (non-hydrogen) atoms. The third-order valence-electron chi connectivity index (χ3n) is 7.33. The van der Waals surface area contributed by atoms with Crippen LogP contribution >= 0.6 is 0 Å². The lowest BCUT2D eigenvalue weighted by Gasteiger charge is -2.48. The molecular formula is C16H18O5. The Bertz CT molecular complexity index is 601. The van der Waals surface area contributed by atoms with Gasteiger partial charge in [-0.25, -0.2) is 0 Å². The van der Waals surface area contributed by atoms with Crippen LogP contribution < -0.4 is 0 Å². The Balaban J connectivity index is 1.51. The lowest BCUT2D eigenvalue weighted by Crippen LogP contribution is -2.59. The molecule has 5 heterocycles. The van der Waals surface area contributed by atoms with Gasteiger partial charge in [-0.1, -0.05) is 6.92 Å². The third-order valence-corrected chi connectivity index (χ3v) is 7.33. The van der Waals surface area contributed by atoms with Gasteiger partial charge in [-0.3, -0.25) is 9.59 Å². The van der Waals surface area contributed by atoms with E-state index < -0.39 is 0 Å². The molecule has 0 amide bonds. The summed E-state index contributed by atoms with van der Waals surface area (Å²) in [6.07, 6.45) is 2.38. The number of hydrogen-bond donors (Lipinski definition) is 0. The van der Waals surface area contributed by atoms with Gasteiger partial charge in [0, 0.05) is 30.1 Å². The minimum atomic E-state index is -0.361. The van der Waals surface area contributed by atoms with Crippen molar-refractivity contribution in [2.24, 2.45) is 17.3 Å². The maximum absolute atomic E-state index is 12.2. The van der Waals surface area contributed by atoms with Crippen molar-refractivity contribution in [3.8, 4) is 0 Å². The van der Waals surface area contributed by atoms with Gasteiger partial charge in [0.05, 0.1) is 18.3 Å². The van der Waals surface area contributed by atoms with Crippen LogP contribution in [0.5, 0.6) is 0 Å². The summed E-state index contributed by atoms with van der Waals surface area (Å²) in [7, 11) is 0. The summed E-state index contributed by atoms with van der Waals surface area (Å²) in [4.78, 5) is 24.3. The molecule has 112 valence electrons. The van der Waals surface area contributed by atoms with E-state index in [1.807, 2.05) is 0 Å². The van der Waals surface area contributed by atoms with Crippen molar-refractivity contribution in [3.63, 3.8) is 0 Å². The highest BCUT2D eigenvalue weighted by Gasteiger charge is 2.85. The van der Waals surface area contributed by atoms with Gasteiger partial charge in [-0.15, -0.1) is 0 Å². The molecule has 0 N–H and O–H groups in total. The van der Waals surface area contributed by atoms with Crippen LogP contribution in [-0.2, 0) is 23.8 Å². The predicted octanol–water partition coefficient (Wildman–Crippen LogP) is 0.637. The number of ether oxygens (including phenoxy) is 3. The zero-order valence-corrected chi connectivity index (χ0v) is 11.9. The van der Waals surface area contributed by atoms with Gasteiger partial charge in [-0.05, 0) is 12.8 Å². The van der Waals surface area contributed by atoms with Gasteiger partial charge in [0.1, 0.15) is 17.8 Å². The molecule has 0 aromatic heterocycles. The first kappa shape index (κ1) is 11.7. The van der Waals surface area contributed by atoms with Gasteiger partial charge in [0.25, 0.3) is 0 Å². The van der Waals surface area contributed by atoms with E-state index >= 15 is 0 Å². The minimum Gasteiger partial charge on any atom is -0.366 e. The van der Waals surface area contributed by atoms with E-state index in [1.54, 1.807) is 0 Å². The Hall–Kier alpha value is -0.780. The first-order valence-electron chi connectivity index (χ1n) is 8.16. The van der Waals surface area contributed by atoms with Crippen LogP contribution in [0.2, 0.25) is 0 Å². The lowest BCUT2D eigenvalue weighted by atomic mass is 9.50. The summed E-state index contributed by atoms with van der Waals surface area (Å²) >= 11 is 0. The van der Waals surface area contributed by atoms with E-state index in [1.165, 1.54) is 0 Å². The van der Waals surface area contributed by atoms with Crippen molar-refractivity contribution in [1.29, 1.82) is 0 Å². The fourth-order valence-electron chi connectivity index (χ4n) is 6.65. The first-order chi connectivity index (χ1) is 10.1. The third kappa shape index (κ3) is 0.981. The minimum absolute atomic E-state index is 0.0122. The molecular weight excluding hydrogens is 272 g/mol. The molecule has 6 rings (SSSR count). The molecule has 0 unspecified atom stereocenters. The first-order valence-corrected chi connectivity index (χ1v) is 8.16. The summed E-state index contributed by atoms with van der Waals surface area (Å²) in [5.74, 6) is 1.06. The Morgan fingerprint density at radius 1 is 1.05 bits per heavy atom. The van der Waals surface area contributed by atoms with Crippen LogP contribution in [-0.4, -0.2) is 47.7 Å². The Morgan fingerprint density at radius 3 is 2.48 bits per heavy atom. The summed E-state index contributed by atoms with van der Waals surface area (Å²) in [5.41, 5.74) is -0.438. The lowest BCUT2D eigenvalue weighted by molar-refractivity contribution is -0.131. The molecule has 0 radical (unpaired) electrons. The highest BCUT2D eigenvalue weighted by atomic mass is 16.7. The molecule has 0 aromatic carbocycles. The van der Waals surface area contributed by atoms with Gasteiger partial charge in [0.2, 0.25) is 0 Å². The molecule has 1 aliphatic carbocycles. The zero-order chi connectivity index (χ0) is 14.1. The summed E-state index contributed by atoms with van der Waals surface area (Å²) < 4.78 is 18.2. The molecule has 0 aromatic rings. The summed E-state index contributed by atoms with van der Waals surface area (Å²) in [6, 6.07) is 0. The van der Waals surface area contributed by atoms with Crippen LogP contribution in [0.1, 0.15) is 32.6 Å². The highest BCUT2D eigenvalue weighted by Crippen LogP contribution is 2.73. The largest absolute Gasteiger partial charge is 0.366 e. The van der Waals surface area contributed by atoms with Crippen molar-refractivity contribution in [1.82, 2.24) is 0 Å². The molecule has 5 aliphatic heterocycles. The smallest absolute Gasteiger partial charge is 0.167 e. The number of Topliss-reactive ketones (excluding diaryl/α,β-unsaturated/α-hetero) is 2. The van der Waals surface area contributed by atoms with Crippen molar-refractivity contribution < 1.29 is 23.8 Å². The number of carbonyl (C=O) groups excluding carboxylic acids is 2. The summed E-state index contributed by atoms with van der Waals surface area (Å²) in [6.45, 7) is 2.17. The molecule has 1 spiro atoms. The molecule has 6 aliphatic rings. The Kier molecular flexibility index (Phi) is 1.74. The fraction of sp³-hybridized carbons (Fsp3) is 0.875. The Labute approximate surface area is 122 Å². The molecule has 5 saturated heterocycles. The second kappa shape index (κ2) is 3.12.